The summed E-state index contributed by atoms with van der Waals surface area (Å²) in [6.07, 6.45) is 9.29. The lowest BCUT2D eigenvalue weighted by molar-refractivity contribution is 0.104. The number of carbonyl (C=O) groups is 1. The number of fused-ring (bicyclic) bond motifs is 1. The van der Waals surface area contributed by atoms with Gasteiger partial charge in [0.2, 0.25) is 0 Å². The predicted molar refractivity (Wildman–Crippen MR) is 177 cm³/mol. The number of rotatable bonds is 8. The molecule has 0 radical (unpaired) electrons. The van der Waals surface area contributed by atoms with Crippen LogP contribution in [-0.4, -0.2) is 20.3 Å². The van der Waals surface area contributed by atoms with Crippen LogP contribution < -0.4 is 0 Å². The summed E-state index contributed by atoms with van der Waals surface area (Å²) in [7, 11) is 0. The molecule has 0 saturated carbocycles. The molecule has 0 unspecified atom stereocenters. The van der Waals surface area contributed by atoms with Crippen molar-refractivity contribution in [3.8, 4) is 11.3 Å². The topological polar surface area (TPSA) is 47.8 Å². The van der Waals surface area contributed by atoms with Crippen LogP contribution in [-0.2, 0) is 5.54 Å². The fourth-order valence-electron chi connectivity index (χ4n) is 6.00. The Morgan fingerprint density at radius 3 is 1.91 bits per heavy atom. The monoisotopic (exact) mass is 567 g/mol. The highest BCUT2D eigenvalue weighted by Gasteiger charge is 2.38. The predicted octanol–water partition coefficient (Wildman–Crippen LogP) is 8.83. The van der Waals surface area contributed by atoms with Gasteiger partial charge in [0.05, 0.1) is 17.5 Å². The molecule has 210 valence electrons. The number of allylic oxidation sites excluding steroid dienone is 1. The Kier molecular flexibility index (Phi) is 7.23. The molecule has 0 atom stereocenters. The van der Waals surface area contributed by atoms with E-state index in [1.165, 1.54) is 0 Å². The van der Waals surface area contributed by atoms with Crippen LogP contribution in [0.2, 0.25) is 0 Å². The minimum atomic E-state index is -0.652. The van der Waals surface area contributed by atoms with E-state index in [9.17, 15) is 4.79 Å². The van der Waals surface area contributed by atoms with Crippen LogP contribution in [0.15, 0.2) is 170 Å². The minimum absolute atomic E-state index is 0.0627. The Hall–Kier alpha value is -5.87. The van der Waals surface area contributed by atoms with Crippen molar-refractivity contribution in [1.82, 2.24) is 14.5 Å². The van der Waals surface area contributed by atoms with Gasteiger partial charge < -0.3 is 4.57 Å². The van der Waals surface area contributed by atoms with Crippen LogP contribution >= 0.6 is 0 Å². The number of carbonyl (C=O) groups excluding carboxylic acids is 1. The van der Waals surface area contributed by atoms with E-state index in [4.69, 9.17) is 4.98 Å². The number of ketones is 1. The van der Waals surface area contributed by atoms with E-state index in [0.717, 1.165) is 44.4 Å². The van der Waals surface area contributed by atoms with Gasteiger partial charge in [0.1, 0.15) is 5.54 Å². The minimum Gasteiger partial charge on any atom is -0.318 e. The maximum atomic E-state index is 13.2. The number of aromatic nitrogens is 3. The molecule has 0 amide bonds. The first kappa shape index (κ1) is 27.0. The Labute approximate surface area is 256 Å². The normalized spacial score (nSPS) is 11.6. The fraction of sp³-hybridized carbons (Fsp3) is 0.0250. The van der Waals surface area contributed by atoms with E-state index >= 15 is 0 Å². The van der Waals surface area contributed by atoms with Crippen LogP contribution in [0.1, 0.15) is 32.6 Å². The van der Waals surface area contributed by atoms with Gasteiger partial charge in [0, 0.05) is 28.9 Å². The van der Waals surface area contributed by atoms with Crippen molar-refractivity contribution in [1.29, 1.82) is 0 Å². The van der Waals surface area contributed by atoms with E-state index in [1.807, 2.05) is 85.2 Å². The summed E-state index contributed by atoms with van der Waals surface area (Å²) in [5.74, 6) is -0.0627. The highest BCUT2D eigenvalue weighted by Crippen LogP contribution is 2.41. The number of benzene rings is 5. The van der Waals surface area contributed by atoms with Crippen LogP contribution in [0.4, 0.5) is 0 Å². The number of nitrogens with zero attached hydrogens (tertiary/aromatic N) is 3. The van der Waals surface area contributed by atoms with Gasteiger partial charge in [-0.05, 0) is 52.6 Å². The van der Waals surface area contributed by atoms with E-state index < -0.39 is 5.54 Å². The van der Waals surface area contributed by atoms with Crippen LogP contribution in [0.5, 0.6) is 0 Å². The molecule has 0 saturated heterocycles. The summed E-state index contributed by atoms with van der Waals surface area (Å²) in [4.78, 5) is 22.5. The summed E-state index contributed by atoms with van der Waals surface area (Å²) >= 11 is 0. The molecule has 4 nitrogen and oxygen atoms in total. The molecule has 2 heterocycles. The largest absolute Gasteiger partial charge is 0.318 e. The second-order valence-corrected chi connectivity index (χ2v) is 10.7. The van der Waals surface area contributed by atoms with Gasteiger partial charge in [-0.3, -0.25) is 9.78 Å². The maximum absolute atomic E-state index is 13.2. The van der Waals surface area contributed by atoms with E-state index in [0.29, 0.717) is 5.56 Å². The Morgan fingerprint density at radius 1 is 0.636 bits per heavy atom. The summed E-state index contributed by atoms with van der Waals surface area (Å²) in [6, 6.07) is 49.1. The molecule has 2 aromatic heterocycles. The Balaban J connectivity index is 1.31. The third-order valence-corrected chi connectivity index (χ3v) is 8.08. The second kappa shape index (κ2) is 11.8. The molecule has 44 heavy (non-hydrogen) atoms. The molecular weight excluding hydrogens is 538 g/mol. The molecule has 5 aromatic carbocycles. The van der Waals surface area contributed by atoms with Gasteiger partial charge in [-0.1, -0.05) is 127 Å². The quantitative estimate of drug-likeness (QED) is 0.105. The molecule has 0 N–H and O–H groups in total. The zero-order chi connectivity index (χ0) is 29.8. The Bertz CT molecular complexity index is 1980. The number of imidazole rings is 1. The second-order valence-electron chi connectivity index (χ2n) is 10.7. The van der Waals surface area contributed by atoms with Crippen molar-refractivity contribution >= 4 is 22.8 Å². The standard InChI is InChI=1S/C40H29N3O/c44-39(32-22-24-37-31(27-32)14-12-26-41-37)25-23-30-13-10-11-21-36(30)38-28-43(29-42-38)40(33-15-4-1-5-16-33,34-17-6-2-7-18-34)35-19-8-3-9-20-35/h1-29H. The lowest BCUT2D eigenvalue weighted by atomic mass is 9.77. The van der Waals surface area contributed by atoms with Crippen LogP contribution in [0.3, 0.4) is 0 Å². The van der Waals surface area contributed by atoms with Gasteiger partial charge in [0.15, 0.2) is 5.78 Å². The lowest BCUT2D eigenvalue weighted by Crippen LogP contribution is -2.36. The third-order valence-electron chi connectivity index (χ3n) is 8.08. The Morgan fingerprint density at radius 2 is 1.25 bits per heavy atom. The molecule has 0 aliphatic heterocycles. The van der Waals surface area contributed by atoms with Gasteiger partial charge in [0.25, 0.3) is 0 Å². The molecule has 0 spiro atoms. The van der Waals surface area contributed by atoms with Crippen molar-refractivity contribution in [2.75, 3.05) is 0 Å². The third kappa shape index (κ3) is 4.93. The van der Waals surface area contributed by atoms with Gasteiger partial charge in [-0.2, -0.15) is 0 Å². The van der Waals surface area contributed by atoms with E-state index in [-0.39, 0.29) is 5.78 Å². The molecule has 0 bridgehead atoms. The summed E-state index contributed by atoms with van der Waals surface area (Å²) in [6.45, 7) is 0. The molecule has 7 aromatic rings. The molecule has 0 aliphatic carbocycles. The number of hydrogen-bond donors (Lipinski definition) is 0. The highest BCUT2D eigenvalue weighted by molar-refractivity contribution is 6.08. The molecule has 4 heteroatoms. The maximum Gasteiger partial charge on any atom is 0.185 e. The van der Waals surface area contributed by atoms with E-state index in [2.05, 4.69) is 88.5 Å². The summed E-state index contributed by atoms with van der Waals surface area (Å²) < 4.78 is 2.21. The number of hydrogen-bond acceptors (Lipinski definition) is 3. The molecule has 7 rings (SSSR count). The van der Waals surface area contributed by atoms with Crippen molar-refractivity contribution < 1.29 is 4.79 Å². The van der Waals surface area contributed by atoms with Crippen molar-refractivity contribution in [3.63, 3.8) is 0 Å². The highest BCUT2D eigenvalue weighted by atomic mass is 16.1. The summed E-state index contributed by atoms with van der Waals surface area (Å²) in [5, 5.41) is 0.941. The summed E-state index contributed by atoms with van der Waals surface area (Å²) in [5.41, 5.74) is 6.91. The average Bonchev–Trinajstić information content (AvgIpc) is 3.59. The van der Waals surface area contributed by atoms with Gasteiger partial charge in [-0.25, -0.2) is 4.98 Å². The SMILES string of the molecule is O=C(C=Cc1ccccc1-c1cn(C(c2ccccc2)(c2ccccc2)c2ccccc2)cn1)c1ccc2ncccc2c1. The number of pyridine rings is 1. The van der Waals surface area contributed by atoms with Gasteiger partial charge >= 0.3 is 0 Å². The fourth-order valence-corrected chi connectivity index (χ4v) is 6.00. The molecular formula is C40H29N3O. The first-order valence-electron chi connectivity index (χ1n) is 14.6. The smallest absolute Gasteiger partial charge is 0.185 e. The van der Waals surface area contributed by atoms with Crippen molar-refractivity contribution in [2.45, 2.75) is 5.54 Å². The van der Waals surface area contributed by atoms with Crippen molar-refractivity contribution in [2.24, 2.45) is 0 Å². The molecule has 0 aliphatic rings. The zero-order valence-corrected chi connectivity index (χ0v) is 24.0. The van der Waals surface area contributed by atoms with Gasteiger partial charge in [-0.15, -0.1) is 0 Å². The van der Waals surface area contributed by atoms with Crippen molar-refractivity contribution in [3.05, 3.63) is 198 Å². The molecule has 0 fully saturated rings. The lowest BCUT2D eigenvalue weighted by Gasteiger charge is -2.37. The average molecular weight is 568 g/mol. The van der Waals surface area contributed by atoms with Crippen LogP contribution in [0, 0.1) is 0 Å². The van der Waals surface area contributed by atoms with Crippen LogP contribution in [0.25, 0.3) is 28.2 Å². The first-order valence-corrected chi connectivity index (χ1v) is 14.6. The first-order chi connectivity index (χ1) is 21.7. The van der Waals surface area contributed by atoms with E-state index in [1.54, 1.807) is 12.3 Å². The zero-order valence-electron chi connectivity index (χ0n) is 24.0.